The lowest BCUT2D eigenvalue weighted by Crippen LogP contribution is -2.30. The highest BCUT2D eigenvalue weighted by molar-refractivity contribution is 7.47. The lowest BCUT2D eigenvalue weighted by Gasteiger charge is -2.21. The van der Waals surface area contributed by atoms with Gasteiger partial charge >= 0.3 is 25.7 Å². The number of carbonyl (C=O) groups is 3. The molecule has 0 aliphatic rings. The molecule has 0 bridgehead atoms. The zero-order valence-corrected chi connectivity index (χ0v) is 49.5. The van der Waals surface area contributed by atoms with E-state index >= 15 is 0 Å². The summed E-state index contributed by atoms with van der Waals surface area (Å²) in [4.78, 5) is 48.7. The van der Waals surface area contributed by atoms with Gasteiger partial charge in [0.2, 0.25) is 0 Å². The van der Waals surface area contributed by atoms with Gasteiger partial charge in [-0.1, -0.05) is 277 Å². The Hall–Kier alpha value is -1.78. The number of esters is 3. The number of aliphatic hydroxyl groups excluding tert-OH is 1. The lowest BCUT2D eigenvalue weighted by atomic mass is 10.0. The third-order valence-electron chi connectivity index (χ3n) is 14.2. The summed E-state index contributed by atoms with van der Waals surface area (Å²) < 4.78 is 39.7. The summed E-state index contributed by atoms with van der Waals surface area (Å²) in [6.45, 7) is 4.72. The quantitative estimate of drug-likeness (QED) is 0.0197. The van der Waals surface area contributed by atoms with Crippen molar-refractivity contribution in [1.82, 2.24) is 0 Å². The molecular formula is C62H119O11P. The fourth-order valence-corrected chi connectivity index (χ4v) is 10.1. The molecule has 74 heavy (non-hydrogen) atoms. The first kappa shape index (κ1) is 72.2. The maximum absolute atomic E-state index is 12.9. The van der Waals surface area contributed by atoms with Crippen LogP contribution in [0.4, 0.5) is 0 Å². The van der Waals surface area contributed by atoms with Crippen LogP contribution >= 0.6 is 7.82 Å². The first-order valence-corrected chi connectivity index (χ1v) is 33.1. The lowest BCUT2D eigenvalue weighted by molar-refractivity contribution is -0.161. The number of aliphatic hydroxyl groups is 1. The van der Waals surface area contributed by atoms with Crippen molar-refractivity contribution < 1.29 is 52.2 Å². The zero-order valence-electron chi connectivity index (χ0n) is 48.6. The van der Waals surface area contributed by atoms with Crippen molar-refractivity contribution in [2.75, 3.05) is 26.4 Å². The van der Waals surface area contributed by atoms with Crippen molar-refractivity contribution >= 4 is 25.7 Å². The molecule has 438 valence electrons. The van der Waals surface area contributed by atoms with Crippen LogP contribution in [-0.4, -0.2) is 66.5 Å². The second-order valence-electron chi connectivity index (χ2n) is 21.6. The van der Waals surface area contributed by atoms with Crippen molar-refractivity contribution in [2.24, 2.45) is 0 Å². The fourth-order valence-electron chi connectivity index (χ4n) is 9.35. The van der Waals surface area contributed by atoms with Gasteiger partial charge < -0.3 is 24.2 Å². The Morgan fingerprint density at radius 3 is 0.932 bits per heavy atom. The molecule has 0 amide bonds. The molecule has 0 aliphatic carbocycles. The van der Waals surface area contributed by atoms with Crippen LogP contribution in [0.1, 0.15) is 329 Å². The van der Waals surface area contributed by atoms with Crippen molar-refractivity contribution in [3.63, 3.8) is 0 Å². The summed E-state index contributed by atoms with van der Waals surface area (Å²) in [7, 11) is -4.74. The van der Waals surface area contributed by atoms with E-state index in [2.05, 4.69) is 32.9 Å². The highest BCUT2D eigenvalue weighted by atomic mass is 31.2. The number of phosphoric ester groups is 1. The fraction of sp³-hybridized carbons (Fsp3) is 0.919. The average molecular weight is 1070 g/mol. The predicted molar refractivity (Wildman–Crippen MR) is 307 cm³/mol. The number of ether oxygens (including phenoxy) is 3. The van der Waals surface area contributed by atoms with Crippen LogP contribution in [0.3, 0.4) is 0 Å². The molecule has 2 N–H and O–H groups in total. The zero-order chi connectivity index (χ0) is 54.1. The van der Waals surface area contributed by atoms with Crippen LogP contribution in [0.2, 0.25) is 0 Å². The van der Waals surface area contributed by atoms with Crippen molar-refractivity contribution in [1.29, 1.82) is 0 Å². The Kier molecular flexibility index (Phi) is 56.0. The summed E-state index contributed by atoms with van der Waals surface area (Å²) in [5.74, 6) is -1.43. The summed E-state index contributed by atoms with van der Waals surface area (Å²) in [6.07, 6.45) is 57.3. The van der Waals surface area contributed by atoms with Crippen molar-refractivity contribution in [2.45, 2.75) is 341 Å². The minimum absolute atomic E-state index is 0.175. The molecular weight excluding hydrogens is 952 g/mol. The second kappa shape index (κ2) is 57.4. The van der Waals surface area contributed by atoms with Crippen molar-refractivity contribution in [3.05, 3.63) is 12.2 Å². The Morgan fingerprint density at radius 2 is 0.622 bits per heavy atom. The predicted octanol–water partition coefficient (Wildman–Crippen LogP) is 18.8. The van der Waals surface area contributed by atoms with Gasteiger partial charge in [0, 0.05) is 19.3 Å². The molecule has 0 aromatic heterocycles. The Balaban J connectivity index is 4.65. The van der Waals surface area contributed by atoms with E-state index in [1.165, 1.54) is 205 Å². The van der Waals surface area contributed by atoms with E-state index in [1.807, 2.05) is 0 Å². The van der Waals surface area contributed by atoms with Gasteiger partial charge in [-0.3, -0.25) is 23.4 Å². The van der Waals surface area contributed by atoms with Gasteiger partial charge in [0.05, 0.1) is 19.8 Å². The summed E-state index contributed by atoms with van der Waals surface area (Å²) in [6, 6.07) is 0. The van der Waals surface area contributed by atoms with E-state index in [9.17, 15) is 28.9 Å². The van der Waals surface area contributed by atoms with Crippen LogP contribution < -0.4 is 0 Å². The Morgan fingerprint density at radius 1 is 0.365 bits per heavy atom. The second-order valence-corrected chi connectivity index (χ2v) is 23.0. The molecule has 0 radical (unpaired) electrons. The Labute approximate surface area is 456 Å². The normalized spacial score (nSPS) is 13.3. The largest absolute Gasteiger partial charge is 0.472 e. The van der Waals surface area contributed by atoms with Crippen LogP contribution in [-0.2, 0) is 42.2 Å². The molecule has 12 heteroatoms. The van der Waals surface area contributed by atoms with Crippen LogP contribution in [0, 0.1) is 0 Å². The van der Waals surface area contributed by atoms with Crippen LogP contribution in [0.5, 0.6) is 0 Å². The topological polar surface area (TPSA) is 155 Å². The maximum atomic E-state index is 12.9. The van der Waals surface area contributed by atoms with Gasteiger partial charge in [-0.2, -0.15) is 0 Å². The molecule has 0 aromatic rings. The number of hydrogen-bond donors (Lipinski definition) is 2. The van der Waals surface area contributed by atoms with E-state index in [0.717, 1.165) is 64.2 Å². The first-order valence-electron chi connectivity index (χ1n) is 31.6. The summed E-state index contributed by atoms with van der Waals surface area (Å²) in [5.41, 5.74) is 0. The SMILES string of the molecule is CCCCCCCC/C=C\CCCCCCCCCC(=O)OCC(COP(=O)(O)OCC(CO)OC(=O)CCCCCCCCCCCCCCCCC)OC(=O)CCCCCCCCCCCCCCCCC. The van der Waals surface area contributed by atoms with Gasteiger partial charge in [0.15, 0.2) is 6.10 Å². The number of phosphoric acid groups is 1. The highest BCUT2D eigenvalue weighted by Gasteiger charge is 2.28. The molecule has 11 nitrogen and oxygen atoms in total. The third kappa shape index (κ3) is 55.0. The number of allylic oxidation sites excluding steroid dienone is 2. The van der Waals surface area contributed by atoms with E-state index in [-0.39, 0.29) is 25.9 Å². The van der Waals surface area contributed by atoms with Crippen LogP contribution in [0.15, 0.2) is 12.2 Å². The molecule has 0 aromatic carbocycles. The average Bonchev–Trinajstić information content (AvgIpc) is 3.39. The van der Waals surface area contributed by atoms with Crippen molar-refractivity contribution in [3.8, 4) is 0 Å². The third-order valence-corrected chi connectivity index (χ3v) is 15.1. The van der Waals surface area contributed by atoms with Gasteiger partial charge in [-0.15, -0.1) is 0 Å². The molecule has 3 atom stereocenters. The number of hydrogen-bond acceptors (Lipinski definition) is 10. The van der Waals surface area contributed by atoms with Gasteiger partial charge in [0.25, 0.3) is 0 Å². The van der Waals surface area contributed by atoms with E-state index in [0.29, 0.717) is 19.3 Å². The molecule has 0 heterocycles. The molecule has 0 rings (SSSR count). The van der Waals surface area contributed by atoms with Gasteiger partial charge in [-0.25, -0.2) is 4.57 Å². The van der Waals surface area contributed by atoms with Gasteiger partial charge in [0.1, 0.15) is 12.7 Å². The molecule has 0 saturated heterocycles. The number of unbranched alkanes of at least 4 members (excludes halogenated alkanes) is 41. The van der Waals surface area contributed by atoms with Gasteiger partial charge in [-0.05, 0) is 44.9 Å². The van der Waals surface area contributed by atoms with Crippen LogP contribution in [0.25, 0.3) is 0 Å². The van der Waals surface area contributed by atoms with E-state index < -0.39 is 57.8 Å². The molecule has 0 fully saturated rings. The van der Waals surface area contributed by atoms with E-state index in [1.54, 1.807) is 0 Å². The summed E-state index contributed by atoms with van der Waals surface area (Å²) in [5, 5.41) is 9.84. The minimum atomic E-state index is -4.74. The summed E-state index contributed by atoms with van der Waals surface area (Å²) >= 11 is 0. The minimum Gasteiger partial charge on any atom is -0.462 e. The molecule has 0 spiro atoms. The monoisotopic (exact) mass is 1070 g/mol. The number of rotatable bonds is 60. The maximum Gasteiger partial charge on any atom is 0.472 e. The molecule has 0 aliphatic heterocycles. The number of carbonyl (C=O) groups excluding carboxylic acids is 3. The molecule has 0 saturated carbocycles. The van der Waals surface area contributed by atoms with E-state index in [4.69, 9.17) is 23.3 Å². The molecule has 3 unspecified atom stereocenters. The highest BCUT2D eigenvalue weighted by Crippen LogP contribution is 2.43. The first-order chi connectivity index (χ1) is 36.2. The Bertz CT molecular complexity index is 1290. The smallest absolute Gasteiger partial charge is 0.462 e. The standard InChI is InChI=1S/C62H119O11P/c1-4-7-10-13-16-19-22-25-28-29-32-33-36-39-42-45-48-51-60(64)69-55-59(73-62(66)53-50-47-44-41-38-35-31-27-24-21-18-15-12-9-6-3)57-71-74(67,68)70-56-58(54-63)72-61(65)52-49-46-43-40-37-34-30-26-23-20-17-14-11-8-5-2/h25,28,58-59,63H,4-24,26-27,29-57H2,1-3H3,(H,67,68)/b28-25-.